The molecule has 0 spiro atoms. The average molecular weight is 358 g/mol. The Kier molecular flexibility index (Phi) is 23.9. The minimum absolute atomic E-state index is 0. The molecular formula is C15H30CrO6. The molecule has 22 heavy (non-hydrogen) atoms. The summed E-state index contributed by atoms with van der Waals surface area (Å²) in [5, 5.41) is 50.7. The maximum absolute atomic E-state index is 8.49. The Morgan fingerprint density at radius 3 is 0.727 bits per heavy atom. The Labute approximate surface area is 143 Å². The molecule has 7 heteroatoms. The molecule has 0 aliphatic heterocycles. The van der Waals surface area contributed by atoms with Crippen LogP contribution in [0, 0.1) is 0 Å². The largest absolute Gasteiger partial charge is 0.513 e. The first-order chi connectivity index (χ1) is 9.38. The molecule has 0 radical (unpaired) electrons. The van der Waals surface area contributed by atoms with Crippen molar-refractivity contribution in [2.75, 3.05) is 0 Å². The van der Waals surface area contributed by atoms with Crippen molar-refractivity contribution in [3.63, 3.8) is 0 Å². The molecule has 6 N–H and O–H groups in total. The van der Waals surface area contributed by atoms with Crippen LogP contribution in [0.4, 0.5) is 0 Å². The molecule has 3 unspecified atom stereocenters. The summed E-state index contributed by atoms with van der Waals surface area (Å²) in [6, 6.07) is 0. The zero-order chi connectivity index (χ0) is 17.6. The summed E-state index contributed by atoms with van der Waals surface area (Å²) >= 11 is 0. The Bertz CT molecular complexity index is 269. The van der Waals surface area contributed by atoms with Crippen molar-refractivity contribution in [3.05, 3.63) is 35.5 Å². The number of hydrogen-bond acceptors (Lipinski definition) is 6. The Morgan fingerprint density at radius 2 is 0.727 bits per heavy atom. The topological polar surface area (TPSA) is 121 Å². The zero-order valence-corrected chi connectivity index (χ0v) is 15.3. The smallest absolute Gasteiger partial charge is 0.0877 e. The number of aliphatic hydroxyl groups is 6. The molecule has 0 aromatic carbocycles. The molecule has 0 bridgehead atoms. The van der Waals surface area contributed by atoms with Crippen LogP contribution in [0.15, 0.2) is 35.5 Å². The third kappa shape index (κ3) is 50.8. The van der Waals surface area contributed by atoms with Gasteiger partial charge >= 0.3 is 0 Å². The van der Waals surface area contributed by atoms with Crippen LogP contribution in [-0.4, -0.2) is 49.0 Å². The summed E-state index contributed by atoms with van der Waals surface area (Å²) in [7, 11) is 0. The first-order valence-electron chi connectivity index (χ1n) is 6.54. The zero-order valence-electron chi connectivity index (χ0n) is 14.1. The number of hydrogen-bond donors (Lipinski definition) is 6. The summed E-state index contributed by atoms with van der Waals surface area (Å²) in [4.78, 5) is 0. The van der Waals surface area contributed by atoms with Crippen LogP contribution in [-0.2, 0) is 17.4 Å². The van der Waals surface area contributed by atoms with Crippen LogP contribution in [0.3, 0.4) is 0 Å². The van der Waals surface area contributed by atoms with E-state index in [0.29, 0.717) is 0 Å². The summed E-state index contributed by atoms with van der Waals surface area (Å²) in [5.41, 5.74) is 0. The molecular weight excluding hydrogens is 328 g/mol. The van der Waals surface area contributed by atoms with E-state index in [-0.39, 0.29) is 34.6 Å². The number of rotatable bonds is 3. The molecule has 132 valence electrons. The molecule has 0 aromatic rings. The second-order valence-electron chi connectivity index (χ2n) is 4.65. The minimum Gasteiger partial charge on any atom is -0.513 e. The molecule has 0 heterocycles. The molecule has 3 atom stereocenters. The molecule has 0 saturated heterocycles. The van der Waals surface area contributed by atoms with E-state index in [4.69, 9.17) is 30.6 Å². The second kappa shape index (κ2) is 18.1. The quantitative estimate of drug-likeness (QED) is 0.431. The minimum atomic E-state index is -0.537. The normalized spacial score (nSPS) is 16.0. The maximum atomic E-state index is 8.49. The van der Waals surface area contributed by atoms with Gasteiger partial charge in [0.1, 0.15) is 0 Å². The molecule has 0 aromatic heterocycles. The predicted molar refractivity (Wildman–Crippen MR) is 84.2 cm³/mol. The van der Waals surface area contributed by atoms with Gasteiger partial charge in [-0.15, -0.1) is 0 Å². The van der Waals surface area contributed by atoms with E-state index in [1.165, 1.54) is 39.0 Å². The summed E-state index contributed by atoms with van der Waals surface area (Å²) in [6.45, 7) is 9.31. The predicted octanol–water partition coefficient (Wildman–Crippen LogP) is 2.48. The Balaban J connectivity index is -0.000000108. The van der Waals surface area contributed by atoms with Crippen molar-refractivity contribution in [1.82, 2.24) is 0 Å². The van der Waals surface area contributed by atoms with Crippen LogP contribution in [0.2, 0.25) is 0 Å². The van der Waals surface area contributed by atoms with E-state index >= 15 is 0 Å². The molecule has 6 nitrogen and oxygen atoms in total. The molecule has 0 saturated carbocycles. The van der Waals surface area contributed by atoms with Crippen LogP contribution >= 0.6 is 0 Å². The van der Waals surface area contributed by atoms with Gasteiger partial charge in [0, 0.05) is 17.4 Å². The van der Waals surface area contributed by atoms with Gasteiger partial charge in [-0.3, -0.25) is 0 Å². The van der Waals surface area contributed by atoms with E-state index in [0.717, 1.165) is 0 Å². The molecule has 0 aliphatic carbocycles. The van der Waals surface area contributed by atoms with Crippen molar-refractivity contribution >= 4 is 0 Å². The fourth-order valence-corrected chi connectivity index (χ4v) is 1.05. The van der Waals surface area contributed by atoms with Gasteiger partial charge in [-0.1, -0.05) is 0 Å². The number of aliphatic hydroxyl groups excluding tert-OH is 6. The van der Waals surface area contributed by atoms with E-state index in [9.17, 15) is 0 Å². The van der Waals surface area contributed by atoms with Gasteiger partial charge in [-0.2, -0.15) is 0 Å². The maximum Gasteiger partial charge on any atom is 0.0877 e. The number of allylic oxidation sites excluding steroid dienone is 3. The Hall–Kier alpha value is -0.968. The van der Waals surface area contributed by atoms with Crippen molar-refractivity contribution in [3.8, 4) is 0 Å². The van der Waals surface area contributed by atoms with Gasteiger partial charge in [0.25, 0.3) is 0 Å². The van der Waals surface area contributed by atoms with E-state index in [2.05, 4.69) is 0 Å². The van der Waals surface area contributed by atoms with Crippen LogP contribution in [0.5, 0.6) is 0 Å². The van der Waals surface area contributed by atoms with Gasteiger partial charge < -0.3 is 30.6 Å². The SMILES string of the molecule is C/C(O)=C/C(C)O.C/C(O)=C/C(C)O.C/C(O)=C/C(C)O.[Cr]. The van der Waals surface area contributed by atoms with Crippen LogP contribution in [0.25, 0.3) is 0 Å². The second-order valence-corrected chi connectivity index (χ2v) is 4.65. The summed E-state index contributed by atoms with van der Waals surface area (Å²) in [6.07, 6.45) is 2.47. The van der Waals surface area contributed by atoms with Gasteiger partial charge in [0.05, 0.1) is 35.6 Å². The fraction of sp³-hybridized carbons (Fsp3) is 0.600. The molecule has 0 amide bonds. The molecule has 0 rings (SSSR count). The standard InChI is InChI=1S/3C5H10O2.Cr/c3*1-4(6)3-5(2)7;/h3*3-4,6-7H,1-2H3;/b3*5-3-;. The third-order valence-electron chi connectivity index (χ3n) is 1.45. The first kappa shape index (κ1) is 29.1. The van der Waals surface area contributed by atoms with Crippen molar-refractivity contribution in [1.29, 1.82) is 0 Å². The summed E-state index contributed by atoms with van der Waals surface area (Å²) < 4.78 is 0. The van der Waals surface area contributed by atoms with Crippen molar-refractivity contribution in [2.24, 2.45) is 0 Å². The van der Waals surface area contributed by atoms with Crippen molar-refractivity contribution < 1.29 is 48.0 Å². The van der Waals surface area contributed by atoms with Gasteiger partial charge in [-0.25, -0.2) is 0 Å². The first-order valence-corrected chi connectivity index (χ1v) is 6.54. The average Bonchev–Trinajstić information content (AvgIpc) is 2.10. The Morgan fingerprint density at radius 1 is 0.591 bits per heavy atom. The van der Waals surface area contributed by atoms with E-state index < -0.39 is 18.3 Å². The van der Waals surface area contributed by atoms with Gasteiger partial charge in [0.2, 0.25) is 0 Å². The summed E-state index contributed by atoms with van der Waals surface area (Å²) in [5.74, 6) is 0.486. The van der Waals surface area contributed by atoms with Gasteiger partial charge in [-0.05, 0) is 59.8 Å². The monoisotopic (exact) mass is 358 g/mol. The molecule has 0 fully saturated rings. The van der Waals surface area contributed by atoms with Crippen LogP contribution in [0.1, 0.15) is 41.5 Å². The molecule has 0 aliphatic rings. The van der Waals surface area contributed by atoms with Crippen LogP contribution < -0.4 is 0 Å². The fourth-order valence-electron chi connectivity index (χ4n) is 1.05. The van der Waals surface area contributed by atoms with Gasteiger partial charge in [0.15, 0.2) is 0 Å². The third-order valence-corrected chi connectivity index (χ3v) is 1.45. The van der Waals surface area contributed by atoms with Crippen molar-refractivity contribution in [2.45, 2.75) is 59.9 Å². The van der Waals surface area contributed by atoms with E-state index in [1.54, 1.807) is 20.8 Å². The van der Waals surface area contributed by atoms with E-state index in [1.807, 2.05) is 0 Å².